The molecule has 0 bridgehead atoms. The molecule has 0 atom stereocenters. The first kappa shape index (κ1) is 17.6. The standard InChI is InChI=1S/C16H25N3OS/c1-3-11-19(4-2)12-5-6-15(20)18-14-9-7-13(8-10-14)16(17)21/h7-10H,3-6,11-12H2,1-2H3,(H2,17,21)(H,18,20). The molecule has 0 aliphatic carbocycles. The van der Waals surface area contributed by atoms with E-state index < -0.39 is 0 Å². The predicted octanol–water partition coefficient (Wildman–Crippen LogP) is 2.77. The van der Waals surface area contributed by atoms with Gasteiger partial charge >= 0.3 is 0 Å². The van der Waals surface area contributed by atoms with Crippen molar-refractivity contribution in [1.29, 1.82) is 0 Å². The van der Waals surface area contributed by atoms with Gasteiger partial charge in [-0.1, -0.05) is 26.1 Å². The Morgan fingerprint density at radius 3 is 2.43 bits per heavy atom. The molecular formula is C16H25N3OS. The summed E-state index contributed by atoms with van der Waals surface area (Å²) < 4.78 is 0. The zero-order valence-electron chi connectivity index (χ0n) is 12.9. The van der Waals surface area contributed by atoms with Crippen molar-refractivity contribution >= 4 is 28.8 Å². The number of thiocarbonyl (C=S) groups is 1. The number of nitrogens with one attached hydrogen (secondary N) is 1. The van der Waals surface area contributed by atoms with E-state index in [1.807, 2.05) is 24.3 Å². The lowest BCUT2D eigenvalue weighted by atomic mass is 10.2. The quantitative estimate of drug-likeness (QED) is 0.689. The van der Waals surface area contributed by atoms with E-state index in [9.17, 15) is 4.79 Å². The summed E-state index contributed by atoms with van der Waals surface area (Å²) in [5.74, 6) is 0.0469. The van der Waals surface area contributed by atoms with Crippen LogP contribution in [0.4, 0.5) is 5.69 Å². The van der Waals surface area contributed by atoms with Crippen LogP contribution in [0, 0.1) is 0 Å². The van der Waals surface area contributed by atoms with Crippen LogP contribution in [0.1, 0.15) is 38.7 Å². The highest BCUT2D eigenvalue weighted by Crippen LogP contribution is 2.10. The van der Waals surface area contributed by atoms with Gasteiger partial charge in [0.15, 0.2) is 0 Å². The zero-order valence-corrected chi connectivity index (χ0v) is 13.7. The molecular weight excluding hydrogens is 282 g/mol. The number of nitrogens with zero attached hydrogens (tertiary/aromatic N) is 1. The molecule has 5 heteroatoms. The Kier molecular flexibility index (Phi) is 7.93. The van der Waals surface area contributed by atoms with Gasteiger partial charge in [-0.2, -0.15) is 0 Å². The molecule has 116 valence electrons. The first-order valence-corrected chi connectivity index (χ1v) is 7.89. The van der Waals surface area contributed by atoms with Crippen molar-refractivity contribution < 1.29 is 4.79 Å². The molecule has 1 aromatic carbocycles. The van der Waals surface area contributed by atoms with Crippen LogP contribution in [-0.2, 0) is 4.79 Å². The lowest BCUT2D eigenvalue weighted by molar-refractivity contribution is -0.116. The highest BCUT2D eigenvalue weighted by Gasteiger charge is 2.05. The van der Waals surface area contributed by atoms with Crippen LogP contribution in [0.3, 0.4) is 0 Å². The number of rotatable bonds is 9. The smallest absolute Gasteiger partial charge is 0.224 e. The number of carbonyl (C=O) groups is 1. The van der Waals surface area contributed by atoms with Gasteiger partial charge in [0.05, 0.1) is 0 Å². The van der Waals surface area contributed by atoms with Gasteiger partial charge in [0.2, 0.25) is 5.91 Å². The Hall–Kier alpha value is -1.46. The van der Waals surface area contributed by atoms with E-state index in [-0.39, 0.29) is 5.91 Å². The Balaban J connectivity index is 2.34. The average Bonchev–Trinajstić information content (AvgIpc) is 2.46. The van der Waals surface area contributed by atoms with Crippen LogP contribution < -0.4 is 11.1 Å². The van der Waals surface area contributed by atoms with Crippen molar-refractivity contribution in [3.8, 4) is 0 Å². The van der Waals surface area contributed by atoms with Crippen LogP contribution >= 0.6 is 12.2 Å². The van der Waals surface area contributed by atoms with Crippen LogP contribution in [0.25, 0.3) is 0 Å². The lowest BCUT2D eigenvalue weighted by Crippen LogP contribution is -2.26. The van der Waals surface area contributed by atoms with Crippen molar-refractivity contribution in [2.75, 3.05) is 25.0 Å². The third-order valence-corrected chi connectivity index (χ3v) is 3.55. The molecule has 4 nitrogen and oxygen atoms in total. The molecule has 0 saturated carbocycles. The van der Waals surface area contributed by atoms with Gasteiger partial charge in [-0.25, -0.2) is 0 Å². The van der Waals surface area contributed by atoms with Gasteiger partial charge in [-0.3, -0.25) is 4.79 Å². The molecule has 0 aliphatic rings. The summed E-state index contributed by atoms with van der Waals surface area (Å²) in [5.41, 5.74) is 7.12. The second kappa shape index (κ2) is 9.47. The van der Waals surface area contributed by atoms with Crippen molar-refractivity contribution in [2.45, 2.75) is 33.1 Å². The number of nitrogens with two attached hydrogens (primary N) is 1. The van der Waals surface area contributed by atoms with E-state index in [2.05, 4.69) is 24.1 Å². The SMILES string of the molecule is CCCN(CC)CCCC(=O)Nc1ccc(C(N)=S)cc1. The summed E-state index contributed by atoms with van der Waals surface area (Å²) in [6.07, 6.45) is 2.57. The number of anilines is 1. The molecule has 1 aromatic rings. The average molecular weight is 307 g/mol. The summed E-state index contributed by atoms with van der Waals surface area (Å²) >= 11 is 4.89. The summed E-state index contributed by atoms with van der Waals surface area (Å²) in [6, 6.07) is 7.28. The minimum atomic E-state index is 0.0469. The molecule has 0 spiro atoms. The van der Waals surface area contributed by atoms with Gasteiger partial charge in [-0.05, 0) is 56.7 Å². The maximum atomic E-state index is 11.9. The summed E-state index contributed by atoms with van der Waals surface area (Å²) in [6.45, 7) is 7.43. The molecule has 0 fully saturated rings. The third kappa shape index (κ3) is 6.69. The maximum Gasteiger partial charge on any atom is 0.224 e. The second-order valence-corrected chi connectivity index (χ2v) is 5.47. The van der Waals surface area contributed by atoms with Gasteiger partial charge in [0, 0.05) is 17.7 Å². The summed E-state index contributed by atoms with van der Waals surface area (Å²) in [5, 5.41) is 2.89. The predicted molar refractivity (Wildman–Crippen MR) is 92.6 cm³/mol. The Morgan fingerprint density at radius 2 is 1.90 bits per heavy atom. The third-order valence-electron chi connectivity index (χ3n) is 3.32. The Bertz CT molecular complexity index is 459. The monoisotopic (exact) mass is 307 g/mol. The lowest BCUT2D eigenvalue weighted by Gasteiger charge is -2.18. The van der Waals surface area contributed by atoms with Crippen LogP contribution in [-0.4, -0.2) is 35.4 Å². The largest absolute Gasteiger partial charge is 0.389 e. The van der Waals surface area contributed by atoms with Crippen LogP contribution in [0.15, 0.2) is 24.3 Å². The first-order chi connectivity index (χ1) is 10.1. The minimum Gasteiger partial charge on any atom is -0.389 e. The van der Waals surface area contributed by atoms with Gasteiger partial charge in [-0.15, -0.1) is 0 Å². The number of benzene rings is 1. The fourth-order valence-corrected chi connectivity index (χ4v) is 2.28. The van der Waals surface area contributed by atoms with Gasteiger partial charge < -0.3 is 16.0 Å². The number of hydrogen-bond acceptors (Lipinski definition) is 3. The first-order valence-electron chi connectivity index (χ1n) is 7.48. The molecule has 0 saturated heterocycles. The number of hydrogen-bond donors (Lipinski definition) is 2. The summed E-state index contributed by atoms with van der Waals surface area (Å²) in [4.78, 5) is 14.6. The molecule has 0 aromatic heterocycles. The topological polar surface area (TPSA) is 58.4 Å². The maximum absolute atomic E-state index is 11.9. The molecule has 0 radical (unpaired) electrons. The summed E-state index contributed by atoms with van der Waals surface area (Å²) in [7, 11) is 0. The molecule has 0 heterocycles. The molecule has 0 unspecified atom stereocenters. The van der Waals surface area contributed by atoms with E-state index in [4.69, 9.17) is 18.0 Å². The molecule has 1 amide bonds. The highest BCUT2D eigenvalue weighted by atomic mass is 32.1. The van der Waals surface area contributed by atoms with Crippen molar-refractivity contribution in [1.82, 2.24) is 4.90 Å². The van der Waals surface area contributed by atoms with Crippen molar-refractivity contribution in [2.24, 2.45) is 5.73 Å². The van der Waals surface area contributed by atoms with E-state index in [1.54, 1.807) is 0 Å². The highest BCUT2D eigenvalue weighted by molar-refractivity contribution is 7.80. The Labute approximate surface area is 132 Å². The molecule has 0 aliphatic heterocycles. The molecule has 3 N–H and O–H groups in total. The number of amides is 1. The van der Waals surface area contributed by atoms with Gasteiger partial charge in [0.1, 0.15) is 4.99 Å². The van der Waals surface area contributed by atoms with E-state index >= 15 is 0 Å². The van der Waals surface area contributed by atoms with Crippen LogP contribution in [0.5, 0.6) is 0 Å². The van der Waals surface area contributed by atoms with E-state index in [0.717, 1.165) is 43.7 Å². The second-order valence-electron chi connectivity index (χ2n) is 5.03. The minimum absolute atomic E-state index is 0.0469. The fourth-order valence-electron chi connectivity index (χ4n) is 2.15. The molecule has 21 heavy (non-hydrogen) atoms. The fraction of sp³-hybridized carbons (Fsp3) is 0.500. The van der Waals surface area contributed by atoms with E-state index in [0.29, 0.717) is 11.4 Å². The zero-order chi connectivity index (χ0) is 15.7. The molecule has 1 rings (SSSR count). The normalized spacial score (nSPS) is 10.6. The van der Waals surface area contributed by atoms with Crippen molar-refractivity contribution in [3.05, 3.63) is 29.8 Å². The van der Waals surface area contributed by atoms with Crippen molar-refractivity contribution in [3.63, 3.8) is 0 Å². The van der Waals surface area contributed by atoms with Crippen LogP contribution in [0.2, 0.25) is 0 Å². The Morgan fingerprint density at radius 1 is 1.24 bits per heavy atom. The van der Waals surface area contributed by atoms with E-state index in [1.165, 1.54) is 0 Å². The van der Waals surface area contributed by atoms with Gasteiger partial charge in [0.25, 0.3) is 0 Å². The number of carbonyl (C=O) groups excluding carboxylic acids is 1.